The van der Waals surface area contributed by atoms with Crippen molar-refractivity contribution in [3.8, 4) is 11.4 Å². The lowest BCUT2D eigenvalue weighted by molar-refractivity contribution is 1.10. The van der Waals surface area contributed by atoms with Crippen LogP contribution in [-0.4, -0.2) is 23.2 Å². The smallest absolute Gasteiger partial charge is 0.161 e. The first kappa shape index (κ1) is 11.7. The molecular weight excluding hydrogens is 234 g/mol. The van der Waals surface area contributed by atoms with Crippen LogP contribution in [0.5, 0.6) is 0 Å². The van der Waals surface area contributed by atoms with Crippen LogP contribution in [0.1, 0.15) is 11.3 Å². The number of aliphatic imine (C=N–C) groups is 1. The molecule has 0 amide bonds. The Labute approximate surface area is 105 Å². The highest BCUT2D eigenvalue weighted by Crippen LogP contribution is 2.20. The number of nitrogens with zero attached hydrogens (tertiary/aromatic N) is 3. The molecule has 2 aromatic rings. The topological polar surface area (TPSA) is 38.1 Å². The van der Waals surface area contributed by atoms with E-state index >= 15 is 0 Å². The number of hydrogen-bond donors (Lipinski definition) is 0. The highest BCUT2D eigenvalue weighted by Gasteiger charge is 2.09. The zero-order valence-electron chi connectivity index (χ0n) is 9.68. The van der Waals surface area contributed by atoms with Gasteiger partial charge in [0.15, 0.2) is 5.82 Å². The molecule has 17 heavy (non-hydrogen) atoms. The summed E-state index contributed by atoms with van der Waals surface area (Å²) in [5.74, 6) is 0.640. The van der Waals surface area contributed by atoms with Crippen molar-refractivity contribution in [2.24, 2.45) is 4.99 Å². The molecule has 0 saturated heterocycles. The van der Waals surface area contributed by atoms with E-state index in [1.54, 1.807) is 13.3 Å². The largest absolute Gasteiger partial charge is 0.296 e. The van der Waals surface area contributed by atoms with E-state index in [-0.39, 0.29) is 0 Å². The van der Waals surface area contributed by atoms with Gasteiger partial charge >= 0.3 is 0 Å². The summed E-state index contributed by atoms with van der Waals surface area (Å²) in [7, 11) is 1.70. The van der Waals surface area contributed by atoms with Crippen LogP contribution in [0.15, 0.2) is 35.3 Å². The van der Waals surface area contributed by atoms with Crippen molar-refractivity contribution in [1.29, 1.82) is 0 Å². The van der Waals surface area contributed by atoms with E-state index in [2.05, 4.69) is 15.0 Å². The third-order valence-corrected chi connectivity index (χ3v) is 2.67. The van der Waals surface area contributed by atoms with Crippen LogP contribution in [0.25, 0.3) is 11.4 Å². The minimum absolute atomic E-state index is 0.432. The predicted molar refractivity (Wildman–Crippen MR) is 70.7 cm³/mol. The van der Waals surface area contributed by atoms with Gasteiger partial charge in [0.2, 0.25) is 0 Å². The van der Waals surface area contributed by atoms with Crippen LogP contribution in [0.3, 0.4) is 0 Å². The molecule has 0 radical (unpaired) electrons. The van der Waals surface area contributed by atoms with Crippen LogP contribution in [0, 0.1) is 6.92 Å². The van der Waals surface area contributed by atoms with Gasteiger partial charge in [0.1, 0.15) is 5.15 Å². The van der Waals surface area contributed by atoms with Gasteiger partial charge in [0, 0.05) is 18.8 Å². The summed E-state index contributed by atoms with van der Waals surface area (Å²) in [6.45, 7) is 1.90. The zero-order chi connectivity index (χ0) is 12.3. The number of hydrogen-bond acceptors (Lipinski definition) is 3. The van der Waals surface area contributed by atoms with Gasteiger partial charge in [0.25, 0.3) is 0 Å². The molecule has 86 valence electrons. The van der Waals surface area contributed by atoms with Crippen molar-refractivity contribution in [3.63, 3.8) is 0 Å². The average Bonchev–Trinajstić information content (AvgIpc) is 2.35. The molecule has 0 fully saturated rings. The fraction of sp³-hybridized carbons (Fsp3) is 0.154. The highest BCUT2D eigenvalue weighted by atomic mass is 35.5. The van der Waals surface area contributed by atoms with E-state index in [1.807, 2.05) is 37.3 Å². The van der Waals surface area contributed by atoms with Crippen LogP contribution in [0.2, 0.25) is 5.15 Å². The molecule has 1 aromatic carbocycles. The normalized spacial score (nSPS) is 11.0. The van der Waals surface area contributed by atoms with E-state index < -0.39 is 0 Å². The van der Waals surface area contributed by atoms with Crippen molar-refractivity contribution in [2.75, 3.05) is 7.05 Å². The number of aryl methyl sites for hydroxylation is 1. The van der Waals surface area contributed by atoms with Crippen molar-refractivity contribution < 1.29 is 0 Å². The Bertz CT molecular complexity index is 527. The first-order valence-corrected chi connectivity index (χ1v) is 5.62. The third-order valence-electron chi connectivity index (χ3n) is 2.38. The Balaban J connectivity index is 2.53. The molecule has 0 atom stereocenters. The maximum Gasteiger partial charge on any atom is 0.161 e. The molecule has 0 bridgehead atoms. The van der Waals surface area contributed by atoms with Gasteiger partial charge in [0.05, 0.1) is 11.3 Å². The predicted octanol–water partition coefficient (Wildman–Crippen LogP) is 3.15. The standard InChI is InChI=1S/C13H12ClN3/c1-9-11(8-15-2)12(14)17-13(16-9)10-6-4-3-5-7-10/h3-8H,1-2H3. The lowest BCUT2D eigenvalue weighted by Crippen LogP contribution is -1.99. The molecule has 0 aliphatic carbocycles. The molecule has 0 aliphatic rings. The second kappa shape index (κ2) is 5.06. The van der Waals surface area contributed by atoms with Crippen LogP contribution >= 0.6 is 11.6 Å². The van der Waals surface area contributed by atoms with Crippen LogP contribution < -0.4 is 0 Å². The van der Waals surface area contributed by atoms with Gasteiger partial charge in [-0.1, -0.05) is 41.9 Å². The van der Waals surface area contributed by atoms with Gasteiger partial charge < -0.3 is 0 Å². The van der Waals surface area contributed by atoms with Crippen molar-refractivity contribution >= 4 is 17.8 Å². The van der Waals surface area contributed by atoms with Gasteiger partial charge in [-0.15, -0.1) is 0 Å². The Morgan fingerprint density at radius 3 is 2.47 bits per heavy atom. The molecule has 0 aliphatic heterocycles. The summed E-state index contributed by atoms with van der Waals surface area (Å²) < 4.78 is 0. The van der Waals surface area contributed by atoms with Crippen LogP contribution in [-0.2, 0) is 0 Å². The minimum Gasteiger partial charge on any atom is -0.296 e. The van der Waals surface area contributed by atoms with E-state index in [0.29, 0.717) is 11.0 Å². The van der Waals surface area contributed by atoms with Crippen molar-refractivity contribution in [1.82, 2.24) is 9.97 Å². The second-order valence-electron chi connectivity index (χ2n) is 3.59. The summed E-state index contributed by atoms with van der Waals surface area (Å²) in [6.07, 6.45) is 1.67. The summed E-state index contributed by atoms with van der Waals surface area (Å²) in [5, 5.41) is 0.432. The van der Waals surface area contributed by atoms with E-state index in [0.717, 1.165) is 16.8 Å². The average molecular weight is 246 g/mol. The van der Waals surface area contributed by atoms with Crippen LogP contribution in [0.4, 0.5) is 0 Å². The minimum atomic E-state index is 0.432. The first-order chi connectivity index (χ1) is 8.22. The van der Waals surface area contributed by atoms with Gasteiger partial charge in [-0.05, 0) is 6.92 Å². The monoisotopic (exact) mass is 245 g/mol. The lowest BCUT2D eigenvalue weighted by atomic mass is 10.2. The molecule has 2 rings (SSSR count). The molecule has 0 unspecified atom stereocenters. The van der Waals surface area contributed by atoms with Crippen molar-refractivity contribution in [3.05, 3.63) is 46.7 Å². The fourth-order valence-electron chi connectivity index (χ4n) is 1.54. The maximum atomic E-state index is 6.12. The Kier molecular flexibility index (Phi) is 3.49. The molecule has 1 heterocycles. The maximum absolute atomic E-state index is 6.12. The number of benzene rings is 1. The van der Waals surface area contributed by atoms with Gasteiger partial charge in [-0.3, -0.25) is 4.99 Å². The second-order valence-corrected chi connectivity index (χ2v) is 3.95. The summed E-state index contributed by atoms with van der Waals surface area (Å²) >= 11 is 6.12. The highest BCUT2D eigenvalue weighted by molar-refractivity contribution is 6.32. The quantitative estimate of drug-likeness (QED) is 0.602. The molecule has 0 N–H and O–H groups in total. The Morgan fingerprint density at radius 1 is 1.18 bits per heavy atom. The third kappa shape index (κ3) is 2.50. The summed E-state index contributed by atoms with van der Waals surface area (Å²) in [5.41, 5.74) is 2.56. The number of rotatable bonds is 2. The van der Waals surface area contributed by atoms with Gasteiger partial charge in [-0.2, -0.15) is 0 Å². The van der Waals surface area contributed by atoms with Crippen molar-refractivity contribution in [2.45, 2.75) is 6.92 Å². The van der Waals surface area contributed by atoms with E-state index in [9.17, 15) is 0 Å². The molecule has 0 spiro atoms. The molecule has 3 nitrogen and oxygen atoms in total. The first-order valence-electron chi connectivity index (χ1n) is 5.24. The van der Waals surface area contributed by atoms with Gasteiger partial charge in [-0.25, -0.2) is 9.97 Å². The SMILES string of the molecule is CN=Cc1c(C)nc(-c2ccccc2)nc1Cl. The fourth-order valence-corrected chi connectivity index (χ4v) is 1.80. The Hall–Kier alpha value is -1.74. The zero-order valence-corrected chi connectivity index (χ0v) is 10.4. The number of halogens is 1. The Morgan fingerprint density at radius 2 is 1.88 bits per heavy atom. The lowest BCUT2D eigenvalue weighted by Gasteiger charge is -2.05. The van der Waals surface area contributed by atoms with E-state index in [1.165, 1.54) is 0 Å². The summed E-state index contributed by atoms with van der Waals surface area (Å²) in [6, 6.07) is 9.76. The molecule has 4 heteroatoms. The molecule has 1 aromatic heterocycles. The molecule has 0 saturated carbocycles. The summed E-state index contributed by atoms with van der Waals surface area (Å²) in [4.78, 5) is 12.7. The number of aromatic nitrogens is 2. The van der Waals surface area contributed by atoms with E-state index in [4.69, 9.17) is 11.6 Å². The molecular formula is C13H12ClN3.